The van der Waals surface area contributed by atoms with Crippen molar-refractivity contribution >= 4 is 131 Å². The third-order valence-electron chi connectivity index (χ3n) is 10.9. The van der Waals surface area contributed by atoms with Gasteiger partial charge in [-0.25, -0.2) is 0 Å². The molecule has 1 aromatic heterocycles. The molecule has 3 aliphatic carbocycles. The molecule has 0 aromatic carbocycles. The molecule has 5 atom stereocenters. The van der Waals surface area contributed by atoms with Crippen LogP contribution in [0.4, 0.5) is 5.00 Å². The molecule has 0 spiro atoms. The summed E-state index contributed by atoms with van der Waals surface area (Å²) in [6.45, 7) is 12.1. The second kappa shape index (κ2) is 23.3. The van der Waals surface area contributed by atoms with Crippen LogP contribution in [0, 0.1) is 40.4 Å². The van der Waals surface area contributed by atoms with Gasteiger partial charge in [-0.15, -0.1) is 11.3 Å². The summed E-state index contributed by atoms with van der Waals surface area (Å²) in [5, 5.41) is 61.9. The number of allylic oxidation sites excluding steroid dienone is 4. The second-order valence-electron chi connectivity index (χ2n) is 15.0. The topological polar surface area (TPSA) is 208 Å². The number of carboxylic acids is 4. The van der Waals surface area contributed by atoms with Crippen molar-refractivity contribution in [3.63, 3.8) is 0 Å². The Bertz CT molecular complexity index is 1560. The molecule has 4 rings (SSSR count). The first kappa shape index (κ1) is 50.0. The SMILES string of the molecule is C=C1CC[C@H](O)C/C1=C/C=C1\CCC[C@]2(C)[C@@H]([C@H](C)CCCC(C)C)CC[C@@H]12.N#Cc1c(N(CC(=O)[O-])CC(=O)[O-])sc(C(=O)[O-])c1CC(=O)[O-].[Sr+2].[Sr+2]. The van der Waals surface area contributed by atoms with E-state index < -0.39 is 59.4 Å². The molecule has 3 saturated carbocycles. The molecular formula is C39H50N2O9SSr2. The molecule has 1 aromatic rings. The van der Waals surface area contributed by atoms with Crippen molar-refractivity contribution in [1.82, 2.24) is 0 Å². The average Bonchev–Trinajstić information content (AvgIpc) is 3.58. The molecule has 0 saturated heterocycles. The summed E-state index contributed by atoms with van der Waals surface area (Å²) in [7, 11) is 0. The van der Waals surface area contributed by atoms with Crippen LogP contribution in [0.1, 0.15) is 119 Å². The van der Waals surface area contributed by atoms with Gasteiger partial charge in [-0.3, -0.25) is 0 Å². The summed E-state index contributed by atoms with van der Waals surface area (Å²) in [5.41, 5.74) is 3.78. The summed E-state index contributed by atoms with van der Waals surface area (Å²) < 4.78 is 0. The van der Waals surface area contributed by atoms with Crippen molar-refractivity contribution in [2.24, 2.45) is 29.1 Å². The number of aliphatic hydroxyl groups excluding tert-OH is 1. The summed E-state index contributed by atoms with van der Waals surface area (Å²) in [6.07, 6.45) is 17.3. The molecule has 53 heavy (non-hydrogen) atoms. The molecule has 0 bridgehead atoms. The Morgan fingerprint density at radius 1 is 1.00 bits per heavy atom. The van der Waals surface area contributed by atoms with E-state index in [0.29, 0.717) is 21.7 Å². The molecule has 0 aliphatic heterocycles. The summed E-state index contributed by atoms with van der Waals surface area (Å²) in [4.78, 5) is 43.1. The number of aliphatic carboxylic acids is 3. The minimum absolute atomic E-state index is 0. The van der Waals surface area contributed by atoms with Gasteiger partial charge in [-0.2, -0.15) is 5.26 Å². The zero-order valence-corrected chi connectivity index (χ0v) is 39.3. The van der Waals surface area contributed by atoms with E-state index in [-0.39, 0.29) is 102 Å². The fourth-order valence-corrected chi connectivity index (χ4v) is 9.54. The average molecular weight is 898 g/mol. The van der Waals surface area contributed by atoms with E-state index in [0.717, 1.165) is 42.9 Å². The fourth-order valence-electron chi connectivity index (χ4n) is 8.44. The quantitative estimate of drug-likeness (QED) is 0.265. The van der Waals surface area contributed by atoms with Gasteiger partial charge in [0.1, 0.15) is 11.1 Å². The number of aliphatic hydroxyl groups is 1. The zero-order valence-electron chi connectivity index (χ0n) is 31.6. The van der Waals surface area contributed by atoms with Crippen LogP contribution in [0.2, 0.25) is 0 Å². The maximum atomic E-state index is 11.1. The van der Waals surface area contributed by atoms with E-state index in [1.807, 2.05) is 0 Å². The number of carboxylic acid groups (broad SMARTS) is 4. The third kappa shape index (κ3) is 14.2. The van der Waals surface area contributed by atoms with Crippen molar-refractivity contribution in [1.29, 1.82) is 5.26 Å². The first-order valence-corrected chi connectivity index (χ1v) is 18.7. The zero-order chi connectivity index (χ0) is 38.0. The monoisotopic (exact) mass is 898 g/mol. The number of fused-ring (bicyclic) bond motifs is 1. The molecule has 0 unspecified atom stereocenters. The van der Waals surface area contributed by atoms with E-state index in [2.05, 4.69) is 46.4 Å². The van der Waals surface area contributed by atoms with Crippen molar-refractivity contribution in [3.8, 4) is 6.07 Å². The minimum Gasteiger partial charge on any atom is -0.550 e. The largest absolute Gasteiger partial charge is 2.00 e. The van der Waals surface area contributed by atoms with Gasteiger partial charge in [-0.05, 0) is 91.6 Å². The molecule has 3 fully saturated rings. The molecule has 14 heteroatoms. The normalized spacial score (nSPS) is 24.2. The Morgan fingerprint density at radius 3 is 2.19 bits per heavy atom. The van der Waals surface area contributed by atoms with Crippen LogP contribution >= 0.6 is 11.3 Å². The Labute approximate surface area is 391 Å². The Hall–Kier alpha value is -0.989. The molecule has 280 valence electrons. The van der Waals surface area contributed by atoms with Gasteiger partial charge in [0, 0.05) is 12.4 Å². The van der Waals surface area contributed by atoms with Crippen molar-refractivity contribution < 1.29 is 44.7 Å². The number of hydrogen-bond acceptors (Lipinski definition) is 12. The number of rotatable bonds is 14. The number of carbonyl (C=O) groups excluding carboxylic acids is 4. The maximum absolute atomic E-state index is 11.1. The van der Waals surface area contributed by atoms with Crippen molar-refractivity contribution in [2.45, 2.75) is 111 Å². The first-order chi connectivity index (χ1) is 24.0. The van der Waals surface area contributed by atoms with Crippen LogP contribution in [-0.2, 0) is 20.8 Å². The van der Waals surface area contributed by atoms with E-state index >= 15 is 0 Å². The van der Waals surface area contributed by atoms with E-state index in [1.165, 1.54) is 68.6 Å². The van der Waals surface area contributed by atoms with Crippen LogP contribution in [0.15, 0.2) is 35.5 Å². The van der Waals surface area contributed by atoms with Crippen LogP contribution < -0.4 is 25.3 Å². The Balaban J connectivity index is 0.000000521. The van der Waals surface area contributed by atoms with E-state index in [4.69, 9.17) is 5.26 Å². The number of hydrogen-bond donors (Lipinski definition) is 1. The van der Waals surface area contributed by atoms with Crippen molar-refractivity contribution in [3.05, 3.63) is 51.5 Å². The smallest absolute Gasteiger partial charge is 0.550 e. The first-order valence-electron chi connectivity index (χ1n) is 17.9. The molecule has 3 aliphatic rings. The molecule has 1 N–H and O–H groups in total. The van der Waals surface area contributed by atoms with Gasteiger partial charge in [0.15, 0.2) is 0 Å². The van der Waals surface area contributed by atoms with E-state index in [1.54, 1.807) is 5.57 Å². The summed E-state index contributed by atoms with van der Waals surface area (Å²) in [5.74, 6) is -3.50. The third-order valence-corrected chi connectivity index (χ3v) is 12.2. The van der Waals surface area contributed by atoms with Crippen LogP contribution in [0.25, 0.3) is 0 Å². The van der Waals surface area contributed by atoms with Crippen LogP contribution in [0.3, 0.4) is 0 Å². The molecular weight excluding hydrogens is 848 g/mol. The summed E-state index contributed by atoms with van der Waals surface area (Å²) >= 11 is 0.321. The van der Waals surface area contributed by atoms with Gasteiger partial charge >= 0.3 is 91.0 Å². The number of thiophene rings is 1. The van der Waals surface area contributed by atoms with E-state index in [9.17, 15) is 44.7 Å². The summed E-state index contributed by atoms with van der Waals surface area (Å²) in [6, 6.07) is 1.53. The standard InChI is InChI=1S/C27H44O.C12H10N2O8S.2Sr/c1-19(2)8-6-9-21(4)25-15-16-26-22(10-7-17-27(25,26)5)12-13-23-18-24(28)14-11-20(23)3;13-2-6-5(1-7(15)16)10(12(21)22)23-11(6)14(3-8(17)18)4-9(19)20;;/h12-13,19,21,24-26,28H,3,6-11,14-18H2,1-2,4-5H3;1,3-4H2,(H,15,16)(H,17,18)(H,19,20)(H,21,22);;/q;;2*+2/p-4/b22-12+,23-13-;;;/t21-,24+,25-,26+,27-;;;/m1.../s1. The second-order valence-corrected chi connectivity index (χ2v) is 16.0. The minimum atomic E-state index is -1.80. The predicted molar refractivity (Wildman–Crippen MR) is 197 cm³/mol. The van der Waals surface area contributed by atoms with Gasteiger partial charge in [0.25, 0.3) is 0 Å². The Kier molecular flexibility index (Phi) is 22.0. The number of nitrogens with zero attached hydrogens (tertiary/aromatic N) is 2. The van der Waals surface area contributed by atoms with Crippen LogP contribution in [0.5, 0.6) is 0 Å². The number of anilines is 1. The predicted octanol–water partition coefficient (Wildman–Crippen LogP) is 1.44. The number of aromatic carboxylic acids is 1. The van der Waals surface area contributed by atoms with Crippen molar-refractivity contribution in [2.75, 3.05) is 18.0 Å². The van der Waals surface area contributed by atoms with Gasteiger partial charge in [0.2, 0.25) is 0 Å². The van der Waals surface area contributed by atoms with Gasteiger partial charge in [0.05, 0.1) is 47.5 Å². The van der Waals surface area contributed by atoms with Crippen LogP contribution in [-0.4, -0.2) is 139 Å². The van der Waals surface area contributed by atoms with Gasteiger partial charge in [-0.1, -0.05) is 76.8 Å². The van der Waals surface area contributed by atoms with Gasteiger partial charge < -0.3 is 49.6 Å². The number of carbonyl (C=O) groups is 4. The molecule has 0 amide bonds. The molecule has 11 nitrogen and oxygen atoms in total. The number of nitriles is 1. The molecule has 0 radical (unpaired) electrons. The Morgan fingerprint density at radius 2 is 1.64 bits per heavy atom. The maximum Gasteiger partial charge on any atom is 2.00 e. The fraction of sp³-hybridized carbons (Fsp3) is 0.615. The molecule has 1 heterocycles.